The third kappa shape index (κ3) is 8.25. The zero-order valence-corrected chi connectivity index (χ0v) is 15.1. The third-order valence-corrected chi connectivity index (χ3v) is 3.51. The second-order valence-corrected chi connectivity index (χ2v) is 10.9. The lowest BCUT2D eigenvalue weighted by Crippen LogP contribution is -2.41. The zero-order valence-electron chi connectivity index (χ0n) is 14.1. The van der Waals surface area contributed by atoms with E-state index in [1.54, 1.807) is 12.2 Å². The summed E-state index contributed by atoms with van der Waals surface area (Å²) in [5.74, 6) is 7.67. The summed E-state index contributed by atoms with van der Waals surface area (Å²) in [6.07, 6.45) is 1.75. The van der Waals surface area contributed by atoms with Crippen LogP contribution in [0.5, 0.6) is 0 Å². The molecule has 124 valence electrons. The fraction of sp³-hybridized carbons (Fsp3) is 0.529. The molecule has 3 atom stereocenters. The van der Waals surface area contributed by atoms with Crippen LogP contribution in [0.2, 0.25) is 19.6 Å². The number of rotatable bonds is 3. The fourth-order valence-electron chi connectivity index (χ4n) is 1.69. The summed E-state index contributed by atoms with van der Waals surface area (Å²) >= 11 is 0. The number of hydrogen-bond acceptors (Lipinski definition) is 5. The molecule has 0 aromatic heterocycles. The molecule has 0 N–H and O–H groups in total. The van der Waals surface area contributed by atoms with Gasteiger partial charge >= 0.3 is 11.9 Å². The Kier molecular flexibility index (Phi) is 7.09. The standard InChI is InChI=1S/C17H22O5Si/c1-13(18)20-12-17-16(21-14(2)19)10-9-15(22-17)8-6-7-11-23(3,4)5/h9-10,15-17H,12H2,1-5H3/t15-,16+,17-/m1/s1. The number of carbonyl (C=O) groups is 2. The Morgan fingerprint density at radius 3 is 2.39 bits per heavy atom. The van der Waals surface area contributed by atoms with E-state index in [1.807, 2.05) is 0 Å². The van der Waals surface area contributed by atoms with Crippen molar-refractivity contribution >= 4 is 20.0 Å². The van der Waals surface area contributed by atoms with Crippen molar-refractivity contribution in [1.29, 1.82) is 0 Å². The molecule has 1 aliphatic rings. The smallest absolute Gasteiger partial charge is 0.303 e. The highest BCUT2D eigenvalue weighted by Crippen LogP contribution is 2.16. The van der Waals surface area contributed by atoms with Crippen LogP contribution in [-0.2, 0) is 23.8 Å². The minimum absolute atomic E-state index is 0.00359. The van der Waals surface area contributed by atoms with Gasteiger partial charge in [-0.1, -0.05) is 25.6 Å². The van der Waals surface area contributed by atoms with Gasteiger partial charge in [-0.15, -0.1) is 5.54 Å². The molecule has 1 rings (SSSR count). The first-order valence-corrected chi connectivity index (χ1v) is 10.8. The molecule has 0 unspecified atom stereocenters. The van der Waals surface area contributed by atoms with Gasteiger partial charge in [0.1, 0.15) is 33.0 Å². The maximum Gasteiger partial charge on any atom is 0.303 e. The normalized spacial score (nSPS) is 22.9. The Labute approximate surface area is 138 Å². The quantitative estimate of drug-likeness (QED) is 0.340. The van der Waals surface area contributed by atoms with Crippen LogP contribution in [0, 0.1) is 23.3 Å². The van der Waals surface area contributed by atoms with Gasteiger partial charge in [-0.2, -0.15) is 0 Å². The summed E-state index contributed by atoms with van der Waals surface area (Å²) in [6, 6.07) is 0. The second-order valence-electron chi connectivity index (χ2n) is 6.13. The average molecular weight is 334 g/mol. The van der Waals surface area contributed by atoms with Gasteiger partial charge < -0.3 is 14.2 Å². The second kappa shape index (κ2) is 8.57. The number of esters is 2. The molecule has 1 heterocycles. The molecule has 0 spiro atoms. The summed E-state index contributed by atoms with van der Waals surface area (Å²) in [4.78, 5) is 22.1. The predicted octanol–water partition coefficient (Wildman–Crippen LogP) is 1.69. The summed E-state index contributed by atoms with van der Waals surface area (Å²) in [7, 11) is -1.45. The van der Waals surface area contributed by atoms with Crippen molar-refractivity contribution in [3.63, 3.8) is 0 Å². The van der Waals surface area contributed by atoms with E-state index in [9.17, 15) is 9.59 Å². The first-order valence-electron chi connectivity index (χ1n) is 7.34. The van der Waals surface area contributed by atoms with E-state index >= 15 is 0 Å². The highest BCUT2D eigenvalue weighted by Gasteiger charge is 2.29. The third-order valence-electron chi connectivity index (χ3n) is 2.63. The Balaban J connectivity index is 2.77. The van der Waals surface area contributed by atoms with E-state index in [-0.39, 0.29) is 6.61 Å². The van der Waals surface area contributed by atoms with Crippen molar-refractivity contribution in [3.8, 4) is 23.3 Å². The Bertz CT molecular complexity index is 594. The monoisotopic (exact) mass is 334 g/mol. The van der Waals surface area contributed by atoms with Crippen LogP contribution < -0.4 is 0 Å². The van der Waals surface area contributed by atoms with Crippen LogP contribution in [0.4, 0.5) is 0 Å². The van der Waals surface area contributed by atoms with Crippen molar-refractivity contribution in [2.75, 3.05) is 6.61 Å². The fourth-order valence-corrected chi connectivity index (χ4v) is 2.13. The molecule has 0 aromatic rings. The highest BCUT2D eigenvalue weighted by molar-refractivity contribution is 6.83. The molecule has 0 radical (unpaired) electrons. The molecule has 0 bridgehead atoms. The Morgan fingerprint density at radius 1 is 1.13 bits per heavy atom. The van der Waals surface area contributed by atoms with E-state index in [2.05, 4.69) is 42.9 Å². The molecule has 0 aliphatic carbocycles. The van der Waals surface area contributed by atoms with Crippen molar-refractivity contribution in [2.24, 2.45) is 0 Å². The van der Waals surface area contributed by atoms with E-state index in [1.165, 1.54) is 13.8 Å². The van der Waals surface area contributed by atoms with E-state index < -0.39 is 38.3 Å². The molecule has 0 amide bonds. The summed E-state index contributed by atoms with van der Waals surface area (Å²) in [6.45, 7) is 9.03. The van der Waals surface area contributed by atoms with Gasteiger partial charge in [0.25, 0.3) is 0 Å². The minimum Gasteiger partial charge on any atom is -0.463 e. The summed E-state index contributed by atoms with van der Waals surface area (Å²) in [5, 5.41) is 0. The number of ether oxygens (including phenoxy) is 3. The molecule has 0 aromatic carbocycles. The highest BCUT2D eigenvalue weighted by atomic mass is 28.3. The van der Waals surface area contributed by atoms with Gasteiger partial charge in [-0.3, -0.25) is 9.59 Å². The van der Waals surface area contributed by atoms with Crippen molar-refractivity contribution in [3.05, 3.63) is 12.2 Å². The van der Waals surface area contributed by atoms with Crippen LogP contribution in [0.3, 0.4) is 0 Å². The minimum atomic E-state index is -1.45. The topological polar surface area (TPSA) is 61.8 Å². The van der Waals surface area contributed by atoms with Crippen LogP contribution in [-0.4, -0.2) is 44.9 Å². The van der Waals surface area contributed by atoms with Crippen LogP contribution in [0.15, 0.2) is 12.2 Å². The zero-order chi connectivity index (χ0) is 17.5. The van der Waals surface area contributed by atoms with Crippen molar-refractivity contribution in [1.82, 2.24) is 0 Å². The van der Waals surface area contributed by atoms with E-state index in [0.717, 1.165) is 0 Å². The van der Waals surface area contributed by atoms with Crippen molar-refractivity contribution in [2.45, 2.75) is 51.8 Å². The van der Waals surface area contributed by atoms with Gasteiger partial charge in [-0.05, 0) is 24.0 Å². The first kappa shape index (κ1) is 19.0. The van der Waals surface area contributed by atoms with Crippen LogP contribution >= 0.6 is 0 Å². The average Bonchev–Trinajstić information content (AvgIpc) is 2.41. The SMILES string of the molecule is CC(=O)OC[C@H]1O[C@H](C#CC#C[Si](C)(C)C)C=C[C@@H]1OC(C)=O. The largest absolute Gasteiger partial charge is 0.463 e. The van der Waals surface area contributed by atoms with E-state index in [4.69, 9.17) is 14.2 Å². The predicted molar refractivity (Wildman–Crippen MR) is 88.9 cm³/mol. The number of carbonyl (C=O) groups excluding carboxylic acids is 2. The van der Waals surface area contributed by atoms with Crippen LogP contribution in [0.1, 0.15) is 13.8 Å². The summed E-state index contributed by atoms with van der Waals surface area (Å²) < 4.78 is 15.8. The van der Waals surface area contributed by atoms with Gasteiger partial charge in [0.2, 0.25) is 0 Å². The molecule has 6 heteroatoms. The summed E-state index contributed by atoms with van der Waals surface area (Å²) in [5.41, 5.74) is 3.14. The van der Waals surface area contributed by atoms with Crippen molar-refractivity contribution < 1.29 is 23.8 Å². The molecule has 0 fully saturated rings. The lowest BCUT2D eigenvalue weighted by atomic mass is 10.1. The van der Waals surface area contributed by atoms with Gasteiger partial charge in [-0.25, -0.2) is 0 Å². The molecule has 5 nitrogen and oxygen atoms in total. The first-order chi connectivity index (χ1) is 10.7. The van der Waals surface area contributed by atoms with Gasteiger partial charge in [0, 0.05) is 13.8 Å². The van der Waals surface area contributed by atoms with Crippen LogP contribution in [0.25, 0.3) is 0 Å². The lowest BCUT2D eigenvalue weighted by Gasteiger charge is -2.29. The Hall–Kier alpha value is -2.02. The number of hydrogen-bond donors (Lipinski definition) is 0. The molecule has 1 aliphatic heterocycles. The molecular formula is C17H22O5Si. The van der Waals surface area contributed by atoms with Gasteiger partial charge in [0.05, 0.1) is 0 Å². The van der Waals surface area contributed by atoms with E-state index in [0.29, 0.717) is 0 Å². The molecule has 0 saturated heterocycles. The molecule has 0 saturated carbocycles. The molecular weight excluding hydrogens is 312 g/mol. The maximum absolute atomic E-state index is 11.1. The van der Waals surface area contributed by atoms with Gasteiger partial charge in [0.15, 0.2) is 0 Å². The maximum atomic E-state index is 11.1. The molecule has 23 heavy (non-hydrogen) atoms. The Morgan fingerprint density at radius 2 is 1.83 bits per heavy atom. The lowest BCUT2D eigenvalue weighted by molar-refractivity contribution is -0.161.